The summed E-state index contributed by atoms with van der Waals surface area (Å²) >= 11 is 0. The number of hydrogen-bond donors (Lipinski definition) is 2. The third-order valence-corrected chi connectivity index (χ3v) is 4.53. The summed E-state index contributed by atoms with van der Waals surface area (Å²) in [7, 11) is 0. The van der Waals surface area contributed by atoms with Crippen LogP contribution in [0.5, 0.6) is 0 Å². The van der Waals surface area contributed by atoms with Gasteiger partial charge in [0, 0.05) is 12.1 Å². The van der Waals surface area contributed by atoms with Crippen LogP contribution in [0.25, 0.3) is 0 Å². The third-order valence-electron chi connectivity index (χ3n) is 4.53. The molecule has 2 rings (SSSR count). The van der Waals surface area contributed by atoms with E-state index in [1.165, 1.54) is 32.1 Å². The maximum Gasteiger partial charge on any atom is 0.407 e. The number of nitrogens with two attached hydrogens (primary N) is 1. The highest BCUT2D eigenvalue weighted by Gasteiger charge is 2.21. The van der Waals surface area contributed by atoms with Crippen LogP contribution in [0.15, 0.2) is 30.3 Å². The van der Waals surface area contributed by atoms with Crippen molar-refractivity contribution in [2.24, 2.45) is 11.7 Å². The first-order chi connectivity index (χ1) is 10.6. The van der Waals surface area contributed by atoms with Gasteiger partial charge in [0.05, 0.1) is 0 Å². The summed E-state index contributed by atoms with van der Waals surface area (Å²) in [6.45, 7) is 2.24. The molecule has 1 aromatic carbocycles. The second-order valence-electron chi connectivity index (χ2n) is 6.40. The van der Waals surface area contributed by atoms with E-state index in [2.05, 4.69) is 5.32 Å². The standard InChI is InChI=1S/C18H28N2O2/c1-14(17(19)12-15-8-4-2-5-9-15)20-18(21)22-13-16-10-6-3-7-11-16/h3,6-7,10-11,14-15,17H,2,4-5,8-9,12-13,19H2,1H3,(H,20,21)/t14?,17-/m1/s1. The Labute approximate surface area is 133 Å². The molecule has 2 atom stereocenters. The van der Waals surface area contributed by atoms with Crippen molar-refractivity contribution in [2.75, 3.05) is 0 Å². The lowest BCUT2D eigenvalue weighted by atomic mass is 9.84. The van der Waals surface area contributed by atoms with Gasteiger partial charge in [0.1, 0.15) is 6.61 Å². The normalized spacial score (nSPS) is 18.5. The van der Waals surface area contributed by atoms with E-state index in [1.807, 2.05) is 37.3 Å². The number of alkyl carbamates (subject to hydrolysis) is 1. The first-order valence-corrected chi connectivity index (χ1v) is 8.38. The Balaban J connectivity index is 1.68. The Morgan fingerprint density at radius 2 is 1.95 bits per heavy atom. The Kier molecular flexibility index (Phi) is 6.72. The van der Waals surface area contributed by atoms with E-state index >= 15 is 0 Å². The van der Waals surface area contributed by atoms with Crippen LogP contribution in [0.4, 0.5) is 4.79 Å². The zero-order valence-electron chi connectivity index (χ0n) is 13.5. The summed E-state index contributed by atoms with van der Waals surface area (Å²) in [5, 5.41) is 2.85. The molecule has 4 heteroatoms. The first-order valence-electron chi connectivity index (χ1n) is 8.38. The van der Waals surface area contributed by atoms with E-state index in [-0.39, 0.29) is 18.7 Å². The molecule has 1 aromatic rings. The number of amides is 1. The van der Waals surface area contributed by atoms with Crippen molar-refractivity contribution in [3.63, 3.8) is 0 Å². The van der Waals surface area contributed by atoms with Crippen molar-refractivity contribution in [3.8, 4) is 0 Å². The van der Waals surface area contributed by atoms with Gasteiger partial charge in [-0.1, -0.05) is 62.4 Å². The molecule has 0 aromatic heterocycles. The number of carbonyl (C=O) groups is 1. The van der Waals surface area contributed by atoms with Crippen molar-refractivity contribution in [1.82, 2.24) is 5.32 Å². The fraction of sp³-hybridized carbons (Fsp3) is 0.611. The van der Waals surface area contributed by atoms with E-state index in [1.54, 1.807) is 0 Å². The van der Waals surface area contributed by atoms with Crippen molar-refractivity contribution < 1.29 is 9.53 Å². The van der Waals surface area contributed by atoms with Gasteiger partial charge in [0.15, 0.2) is 0 Å². The molecule has 0 saturated heterocycles. The second kappa shape index (κ2) is 8.79. The molecule has 0 spiro atoms. The molecule has 1 fully saturated rings. The van der Waals surface area contributed by atoms with Crippen molar-refractivity contribution >= 4 is 6.09 Å². The van der Waals surface area contributed by atoms with Crippen LogP contribution in [-0.4, -0.2) is 18.2 Å². The van der Waals surface area contributed by atoms with Crippen molar-refractivity contribution in [3.05, 3.63) is 35.9 Å². The molecule has 4 nitrogen and oxygen atoms in total. The van der Waals surface area contributed by atoms with Crippen molar-refractivity contribution in [2.45, 2.75) is 64.1 Å². The zero-order chi connectivity index (χ0) is 15.8. The molecule has 0 aliphatic heterocycles. The number of nitrogens with one attached hydrogen (secondary N) is 1. The first kappa shape index (κ1) is 16.8. The Bertz CT molecular complexity index is 444. The quantitative estimate of drug-likeness (QED) is 0.844. The molecule has 22 heavy (non-hydrogen) atoms. The van der Waals surface area contributed by atoms with E-state index in [0.29, 0.717) is 5.92 Å². The second-order valence-corrected chi connectivity index (χ2v) is 6.40. The van der Waals surface area contributed by atoms with Gasteiger partial charge in [0.2, 0.25) is 0 Å². The minimum Gasteiger partial charge on any atom is -0.445 e. The molecular formula is C18H28N2O2. The summed E-state index contributed by atoms with van der Waals surface area (Å²) in [5.41, 5.74) is 7.22. The lowest BCUT2D eigenvalue weighted by Crippen LogP contribution is -2.46. The van der Waals surface area contributed by atoms with Gasteiger partial charge in [-0.15, -0.1) is 0 Å². The molecular weight excluding hydrogens is 276 g/mol. The Hall–Kier alpha value is -1.55. The van der Waals surface area contributed by atoms with Gasteiger partial charge in [0.25, 0.3) is 0 Å². The molecule has 1 aliphatic carbocycles. The van der Waals surface area contributed by atoms with Gasteiger partial charge < -0.3 is 15.8 Å². The van der Waals surface area contributed by atoms with E-state index in [0.717, 1.165) is 12.0 Å². The Morgan fingerprint density at radius 3 is 2.64 bits per heavy atom. The molecule has 0 bridgehead atoms. The SMILES string of the molecule is CC(NC(=O)OCc1ccccc1)[C@H](N)CC1CCCCC1. The highest BCUT2D eigenvalue weighted by atomic mass is 16.5. The number of ether oxygens (including phenoxy) is 1. The molecule has 1 unspecified atom stereocenters. The predicted molar refractivity (Wildman–Crippen MR) is 88.4 cm³/mol. The average molecular weight is 304 g/mol. The lowest BCUT2D eigenvalue weighted by Gasteiger charge is -2.28. The number of hydrogen-bond acceptors (Lipinski definition) is 3. The van der Waals surface area contributed by atoms with Gasteiger partial charge >= 0.3 is 6.09 Å². The van der Waals surface area contributed by atoms with E-state index in [9.17, 15) is 4.79 Å². The number of benzene rings is 1. The third kappa shape index (κ3) is 5.68. The summed E-state index contributed by atoms with van der Waals surface area (Å²) < 4.78 is 5.23. The van der Waals surface area contributed by atoms with Crippen LogP contribution < -0.4 is 11.1 Å². The van der Waals surface area contributed by atoms with Crippen LogP contribution in [0, 0.1) is 5.92 Å². The monoisotopic (exact) mass is 304 g/mol. The fourth-order valence-corrected chi connectivity index (χ4v) is 3.07. The van der Waals surface area contributed by atoms with E-state index in [4.69, 9.17) is 10.5 Å². The Morgan fingerprint density at radius 1 is 1.27 bits per heavy atom. The van der Waals surface area contributed by atoms with Gasteiger partial charge in [-0.3, -0.25) is 0 Å². The number of rotatable bonds is 6. The molecule has 122 valence electrons. The molecule has 0 heterocycles. The van der Waals surface area contributed by atoms with Gasteiger partial charge in [-0.05, 0) is 24.8 Å². The van der Waals surface area contributed by atoms with Crippen LogP contribution >= 0.6 is 0 Å². The predicted octanol–water partition coefficient (Wildman–Crippen LogP) is 3.60. The minimum atomic E-state index is -0.393. The van der Waals surface area contributed by atoms with Crippen LogP contribution in [0.3, 0.4) is 0 Å². The summed E-state index contributed by atoms with van der Waals surface area (Å²) in [6, 6.07) is 9.60. The highest BCUT2D eigenvalue weighted by molar-refractivity contribution is 5.67. The largest absolute Gasteiger partial charge is 0.445 e. The minimum absolute atomic E-state index is 0.00706. The maximum atomic E-state index is 11.8. The molecule has 3 N–H and O–H groups in total. The average Bonchev–Trinajstić information content (AvgIpc) is 2.55. The lowest BCUT2D eigenvalue weighted by molar-refractivity contribution is 0.134. The van der Waals surface area contributed by atoms with Gasteiger partial charge in [-0.25, -0.2) is 4.79 Å². The zero-order valence-corrected chi connectivity index (χ0v) is 13.5. The summed E-state index contributed by atoms with van der Waals surface area (Å²) in [4.78, 5) is 11.8. The topological polar surface area (TPSA) is 64.3 Å². The van der Waals surface area contributed by atoms with Crippen molar-refractivity contribution in [1.29, 1.82) is 0 Å². The van der Waals surface area contributed by atoms with Crippen LogP contribution in [-0.2, 0) is 11.3 Å². The molecule has 1 saturated carbocycles. The highest BCUT2D eigenvalue weighted by Crippen LogP contribution is 2.27. The fourth-order valence-electron chi connectivity index (χ4n) is 3.07. The molecule has 0 radical (unpaired) electrons. The molecule has 1 amide bonds. The smallest absolute Gasteiger partial charge is 0.407 e. The molecule has 1 aliphatic rings. The number of carbonyl (C=O) groups excluding carboxylic acids is 1. The van der Waals surface area contributed by atoms with Crippen LogP contribution in [0.1, 0.15) is 51.0 Å². The van der Waals surface area contributed by atoms with Crippen LogP contribution in [0.2, 0.25) is 0 Å². The summed E-state index contributed by atoms with van der Waals surface area (Å²) in [6.07, 6.45) is 7.13. The van der Waals surface area contributed by atoms with E-state index < -0.39 is 6.09 Å². The van der Waals surface area contributed by atoms with Gasteiger partial charge in [-0.2, -0.15) is 0 Å². The summed E-state index contributed by atoms with van der Waals surface area (Å²) in [5.74, 6) is 0.716. The maximum absolute atomic E-state index is 11.8.